The molecule has 0 aliphatic heterocycles. The summed E-state index contributed by atoms with van der Waals surface area (Å²) in [5.41, 5.74) is 0. The second kappa shape index (κ2) is 9.05. The smallest absolute Gasteiger partial charge is 0.257 e. The molecule has 25 heavy (non-hydrogen) atoms. The van der Waals surface area contributed by atoms with E-state index in [-0.39, 0.29) is 30.5 Å². The Morgan fingerprint density at radius 2 is 1.60 bits per heavy atom. The highest BCUT2D eigenvalue weighted by Gasteiger charge is 2.12. The van der Waals surface area contributed by atoms with Crippen LogP contribution in [0.4, 0.5) is 0 Å². The van der Waals surface area contributed by atoms with E-state index in [1.807, 2.05) is 0 Å². The first kappa shape index (κ1) is 18.8. The molecular formula is C17H20N2O5S. The number of nitrogens with one attached hydrogen (secondary N) is 2. The lowest BCUT2D eigenvalue weighted by molar-refractivity contribution is -0.123. The molecule has 2 aromatic rings. The summed E-state index contributed by atoms with van der Waals surface area (Å²) in [4.78, 5) is 11.9. The molecule has 0 aliphatic carbocycles. The summed E-state index contributed by atoms with van der Waals surface area (Å²) in [7, 11) is -2.06. The monoisotopic (exact) mass is 364 g/mol. The molecule has 2 aromatic carbocycles. The van der Waals surface area contributed by atoms with Gasteiger partial charge in [-0.3, -0.25) is 4.79 Å². The normalized spacial score (nSPS) is 10.9. The molecule has 0 bridgehead atoms. The van der Waals surface area contributed by atoms with Crippen LogP contribution in [-0.4, -0.2) is 41.1 Å². The van der Waals surface area contributed by atoms with Crippen molar-refractivity contribution < 1.29 is 22.7 Å². The number of carbonyl (C=O) groups excluding carboxylic acids is 1. The number of amides is 1. The lowest BCUT2D eigenvalue weighted by Crippen LogP contribution is -2.36. The van der Waals surface area contributed by atoms with Gasteiger partial charge < -0.3 is 14.8 Å². The fourth-order valence-electron chi connectivity index (χ4n) is 2.00. The zero-order chi connectivity index (χ0) is 18.1. The van der Waals surface area contributed by atoms with Crippen LogP contribution in [0.3, 0.4) is 0 Å². The van der Waals surface area contributed by atoms with Crippen molar-refractivity contribution in [2.45, 2.75) is 4.90 Å². The summed E-state index contributed by atoms with van der Waals surface area (Å²) >= 11 is 0. The number of hydrogen-bond acceptors (Lipinski definition) is 5. The van der Waals surface area contributed by atoms with E-state index >= 15 is 0 Å². The van der Waals surface area contributed by atoms with Crippen molar-refractivity contribution in [3.8, 4) is 11.5 Å². The van der Waals surface area contributed by atoms with Crippen LogP contribution >= 0.6 is 0 Å². The zero-order valence-corrected chi connectivity index (χ0v) is 14.6. The average Bonchev–Trinajstić information content (AvgIpc) is 2.64. The molecule has 2 rings (SSSR count). The fraction of sp³-hybridized carbons (Fsp3) is 0.235. The first-order chi connectivity index (χ1) is 12.0. The molecule has 0 unspecified atom stereocenters. The van der Waals surface area contributed by atoms with Gasteiger partial charge in [0.05, 0.1) is 12.0 Å². The Kier molecular flexibility index (Phi) is 6.79. The third-order valence-electron chi connectivity index (χ3n) is 3.22. The van der Waals surface area contributed by atoms with Gasteiger partial charge in [0.2, 0.25) is 10.0 Å². The summed E-state index contributed by atoms with van der Waals surface area (Å²) in [5.74, 6) is 0.640. The minimum absolute atomic E-state index is 0.0810. The van der Waals surface area contributed by atoms with Gasteiger partial charge in [-0.05, 0) is 24.3 Å². The minimum atomic E-state index is -3.57. The highest BCUT2D eigenvalue weighted by atomic mass is 32.2. The predicted molar refractivity (Wildman–Crippen MR) is 93.1 cm³/mol. The fourth-order valence-corrected chi connectivity index (χ4v) is 3.06. The van der Waals surface area contributed by atoms with Gasteiger partial charge in [0.15, 0.2) is 18.1 Å². The van der Waals surface area contributed by atoms with Crippen molar-refractivity contribution in [1.29, 1.82) is 0 Å². The zero-order valence-electron chi connectivity index (χ0n) is 13.8. The quantitative estimate of drug-likeness (QED) is 0.652. The van der Waals surface area contributed by atoms with Crippen molar-refractivity contribution in [1.82, 2.24) is 10.0 Å². The van der Waals surface area contributed by atoms with Gasteiger partial charge in [0, 0.05) is 13.1 Å². The molecule has 1 amide bonds. The molecule has 0 fully saturated rings. The highest BCUT2D eigenvalue weighted by molar-refractivity contribution is 7.89. The Balaban J connectivity index is 1.72. The first-order valence-corrected chi connectivity index (χ1v) is 9.08. The standard InChI is InChI=1S/C17H20N2O5S/c1-23-15-9-5-6-10-16(15)24-13-17(20)18-11-12-19-25(21,22)14-7-3-2-4-8-14/h2-10,19H,11-13H2,1H3,(H,18,20). The molecule has 0 aromatic heterocycles. The van der Waals surface area contributed by atoms with Gasteiger partial charge in [-0.25, -0.2) is 13.1 Å². The number of ether oxygens (including phenoxy) is 2. The highest BCUT2D eigenvalue weighted by Crippen LogP contribution is 2.25. The molecule has 134 valence electrons. The van der Waals surface area contributed by atoms with Gasteiger partial charge in [-0.1, -0.05) is 30.3 Å². The first-order valence-electron chi connectivity index (χ1n) is 7.60. The summed E-state index contributed by atoms with van der Waals surface area (Å²) in [6.45, 7) is 0.0453. The van der Waals surface area contributed by atoms with Gasteiger partial charge in [-0.15, -0.1) is 0 Å². The largest absolute Gasteiger partial charge is 0.493 e. The number of benzene rings is 2. The van der Waals surface area contributed by atoms with E-state index in [2.05, 4.69) is 10.0 Å². The van der Waals surface area contributed by atoms with Crippen molar-refractivity contribution >= 4 is 15.9 Å². The number of sulfonamides is 1. The summed E-state index contributed by atoms with van der Waals surface area (Å²) in [5, 5.41) is 2.58. The molecule has 2 N–H and O–H groups in total. The SMILES string of the molecule is COc1ccccc1OCC(=O)NCCNS(=O)(=O)c1ccccc1. The van der Waals surface area contributed by atoms with E-state index < -0.39 is 10.0 Å². The molecule has 8 heteroatoms. The topological polar surface area (TPSA) is 93.7 Å². The molecule has 0 spiro atoms. The molecule has 0 aliphatic rings. The summed E-state index contributed by atoms with van der Waals surface area (Å²) < 4.78 is 36.9. The third-order valence-corrected chi connectivity index (χ3v) is 4.70. The van der Waals surface area contributed by atoms with Crippen molar-refractivity contribution in [2.75, 3.05) is 26.8 Å². The van der Waals surface area contributed by atoms with Gasteiger partial charge in [-0.2, -0.15) is 0 Å². The average molecular weight is 364 g/mol. The summed E-state index contributed by atoms with van der Waals surface area (Å²) in [6.07, 6.45) is 0. The van der Waals surface area contributed by atoms with E-state index in [9.17, 15) is 13.2 Å². The lowest BCUT2D eigenvalue weighted by Gasteiger charge is -2.11. The maximum absolute atomic E-state index is 12.0. The Morgan fingerprint density at radius 1 is 0.960 bits per heavy atom. The van der Waals surface area contributed by atoms with Crippen LogP contribution in [0.1, 0.15) is 0 Å². The van der Waals surface area contributed by atoms with Crippen LogP contribution in [0.25, 0.3) is 0 Å². The maximum Gasteiger partial charge on any atom is 0.257 e. The van der Waals surface area contributed by atoms with Crippen molar-refractivity contribution in [2.24, 2.45) is 0 Å². The third kappa shape index (κ3) is 5.77. The van der Waals surface area contributed by atoms with Crippen LogP contribution in [-0.2, 0) is 14.8 Å². The lowest BCUT2D eigenvalue weighted by atomic mass is 10.3. The van der Waals surface area contributed by atoms with E-state index in [1.165, 1.54) is 19.2 Å². The second-order valence-electron chi connectivity index (χ2n) is 5.00. The number of methoxy groups -OCH3 is 1. The van der Waals surface area contributed by atoms with Crippen LogP contribution in [0.5, 0.6) is 11.5 Å². The van der Waals surface area contributed by atoms with Crippen LogP contribution in [0, 0.1) is 0 Å². The Morgan fingerprint density at radius 3 is 2.28 bits per heavy atom. The summed E-state index contributed by atoms with van der Waals surface area (Å²) in [6, 6.07) is 15.0. The van der Waals surface area contributed by atoms with Crippen LogP contribution in [0.2, 0.25) is 0 Å². The van der Waals surface area contributed by atoms with Crippen LogP contribution in [0.15, 0.2) is 59.5 Å². The van der Waals surface area contributed by atoms with E-state index in [0.717, 1.165) is 0 Å². The second-order valence-corrected chi connectivity index (χ2v) is 6.77. The number of hydrogen-bond donors (Lipinski definition) is 2. The number of rotatable bonds is 9. The Labute approximate surface area is 147 Å². The van der Waals surface area contributed by atoms with Crippen molar-refractivity contribution in [3.63, 3.8) is 0 Å². The molecule has 0 heterocycles. The molecular weight excluding hydrogens is 344 g/mol. The van der Waals surface area contributed by atoms with E-state index in [4.69, 9.17) is 9.47 Å². The van der Waals surface area contributed by atoms with E-state index in [1.54, 1.807) is 42.5 Å². The Hall–Kier alpha value is -2.58. The predicted octanol–water partition coefficient (Wildman–Crippen LogP) is 1.17. The number of para-hydroxylation sites is 2. The molecule has 0 saturated heterocycles. The van der Waals surface area contributed by atoms with Gasteiger partial charge >= 0.3 is 0 Å². The maximum atomic E-state index is 12.0. The van der Waals surface area contributed by atoms with Crippen LogP contribution < -0.4 is 19.5 Å². The Bertz CT molecular complexity index is 794. The molecule has 0 radical (unpaired) electrons. The molecule has 7 nitrogen and oxygen atoms in total. The van der Waals surface area contributed by atoms with Gasteiger partial charge in [0.1, 0.15) is 0 Å². The minimum Gasteiger partial charge on any atom is -0.493 e. The molecule has 0 atom stereocenters. The number of carbonyl (C=O) groups is 1. The molecule has 0 saturated carbocycles. The van der Waals surface area contributed by atoms with Gasteiger partial charge in [0.25, 0.3) is 5.91 Å². The van der Waals surface area contributed by atoms with Crippen molar-refractivity contribution in [3.05, 3.63) is 54.6 Å². The van der Waals surface area contributed by atoms with E-state index in [0.29, 0.717) is 11.5 Å².